The Kier molecular flexibility index (Phi) is 6.18. The van der Waals surface area contributed by atoms with Gasteiger partial charge in [-0.2, -0.15) is 0 Å². The molecule has 0 aromatic carbocycles. The van der Waals surface area contributed by atoms with Crippen LogP contribution in [0.2, 0.25) is 0 Å². The molecule has 0 heterocycles. The molecule has 0 spiro atoms. The maximum atomic E-state index is 9.26. The smallest absolute Gasteiger partial charge is 0.0799 e. The first kappa shape index (κ1) is 10.7. The van der Waals surface area contributed by atoms with Gasteiger partial charge in [-0.05, 0) is 25.7 Å². The van der Waals surface area contributed by atoms with Gasteiger partial charge in [-0.15, -0.1) is 6.58 Å². The molecule has 0 bridgehead atoms. The first-order valence-corrected chi connectivity index (χ1v) is 4.19. The van der Waals surface area contributed by atoms with Gasteiger partial charge in [0.15, 0.2) is 0 Å². The Balaban J connectivity index is 3.34. The molecule has 0 aliphatic rings. The number of unbranched alkanes of at least 4 members (excludes halogenated alkanes) is 1. The van der Waals surface area contributed by atoms with Crippen molar-refractivity contribution < 1.29 is 10.2 Å². The van der Waals surface area contributed by atoms with E-state index < -0.39 is 12.2 Å². The number of allylic oxidation sites excluding steroid dienone is 1. The van der Waals surface area contributed by atoms with Gasteiger partial charge in [0.05, 0.1) is 12.2 Å². The summed E-state index contributed by atoms with van der Waals surface area (Å²) in [6.07, 6.45) is 3.82. The highest BCUT2D eigenvalue weighted by Crippen LogP contribution is 2.07. The van der Waals surface area contributed by atoms with Crippen LogP contribution in [0.15, 0.2) is 12.7 Å². The number of aliphatic hydroxyl groups excluding tert-OH is 2. The van der Waals surface area contributed by atoms with E-state index in [1.165, 1.54) is 0 Å². The topological polar surface area (TPSA) is 40.5 Å². The normalized spacial score (nSPS) is 15.9. The van der Waals surface area contributed by atoms with E-state index in [0.717, 1.165) is 12.8 Å². The maximum absolute atomic E-state index is 9.26. The number of rotatable bonds is 6. The van der Waals surface area contributed by atoms with Crippen LogP contribution in [-0.2, 0) is 0 Å². The molecule has 0 fully saturated rings. The summed E-state index contributed by atoms with van der Waals surface area (Å²) in [5.41, 5.74) is 0. The molecule has 0 amide bonds. The van der Waals surface area contributed by atoms with Crippen molar-refractivity contribution in [3.8, 4) is 0 Å². The van der Waals surface area contributed by atoms with Gasteiger partial charge in [0.25, 0.3) is 0 Å². The molecule has 2 N–H and O–H groups in total. The monoisotopic (exact) mass is 158 g/mol. The highest BCUT2D eigenvalue weighted by Gasteiger charge is 2.12. The molecule has 0 saturated heterocycles. The molecule has 2 nitrogen and oxygen atoms in total. The van der Waals surface area contributed by atoms with E-state index >= 15 is 0 Å². The quantitative estimate of drug-likeness (QED) is 0.454. The van der Waals surface area contributed by atoms with Crippen molar-refractivity contribution in [1.29, 1.82) is 0 Å². The first-order valence-electron chi connectivity index (χ1n) is 4.19. The molecule has 0 saturated carbocycles. The van der Waals surface area contributed by atoms with Crippen molar-refractivity contribution in [2.45, 2.75) is 44.8 Å². The van der Waals surface area contributed by atoms with Crippen LogP contribution in [-0.4, -0.2) is 22.4 Å². The van der Waals surface area contributed by atoms with E-state index in [1.807, 2.05) is 13.0 Å². The van der Waals surface area contributed by atoms with E-state index in [4.69, 9.17) is 5.11 Å². The van der Waals surface area contributed by atoms with Crippen molar-refractivity contribution in [3.05, 3.63) is 12.7 Å². The van der Waals surface area contributed by atoms with Crippen molar-refractivity contribution >= 4 is 0 Å². The van der Waals surface area contributed by atoms with Crippen molar-refractivity contribution in [1.82, 2.24) is 0 Å². The van der Waals surface area contributed by atoms with Gasteiger partial charge >= 0.3 is 0 Å². The third-order valence-corrected chi connectivity index (χ3v) is 1.77. The summed E-state index contributed by atoms with van der Waals surface area (Å²) in [6, 6.07) is 0. The van der Waals surface area contributed by atoms with Gasteiger partial charge in [0, 0.05) is 0 Å². The zero-order chi connectivity index (χ0) is 8.69. The summed E-state index contributed by atoms with van der Waals surface area (Å²) in [6.45, 7) is 5.44. The minimum absolute atomic E-state index is 0.556. The minimum Gasteiger partial charge on any atom is -0.390 e. The van der Waals surface area contributed by atoms with E-state index in [-0.39, 0.29) is 0 Å². The fourth-order valence-electron chi connectivity index (χ4n) is 0.936. The summed E-state index contributed by atoms with van der Waals surface area (Å²) in [5, 5.41) is 18.4. The third-order valence-electron chi connectivity index (χ3n) is 1.77. The van der Waals surface area contributed by atoms with E-state index in [2.05, 4.69) is 6.58 Å². The highest BCUT2D eigenvalue weighted by molar-refractivity contribution is 4.70. The lowest BCUT2D eigenvalue weighted by atomic mass is 10.1. The summed E-state index contributed by atoms with van der Waals surface area (Å²) >= 11 is 0. The van der Waals surface area contributed by atoms with Gasteiger partial charge in [-0.25, -0.2) is 0 Å². The molecule has 11 heavy (non-hydrogen) atoms. The first-order chi connectivity index (χ1) is 5.22. The lowest BCUT2D eigenvalue weighted by Gasteiger charge is -2.14. The molecule has 0 aromatic rings. The minimum atomic E-state index is -0.556. The van der Waals surface area contributed by atoms with E-state index in [1.54, 1.807) is 0 Å². The second-order valence-electron chi connectivity index (χ2n) is 2.76. The Morgan fingerprint density at radius 2 is 2.00 bits per heavy atom. The zero-order valence-electron chi connectivity index (χ0n) is 7.16. The van der Waals surface area contributed by atoms with Gasteiger partial charge in [-0.1, -0.05) is 13.0 Å². The van der Waals surface area contributed by atoms with Crippen LogP contribution in [0.5, 0.6) is 0 Å². The SMILES string of the molecule is C=CCCC[C@H](O)[C@@H](O)CC. The van der Waals surface area contributed by atoms with Crippen LogP contribution in [0, 0.1) is 0 Å². The fraction of sp³-hybridized carbons (Fsp3) is 0.778. The van der Waals surface area contributed by atoms with Gasteiger partial charge < -0.3 is 10.2 Å². The molecule has 2 heteroatoms. The molecular formula is C9H18O2. The van der Waals surface area contributed by atoms with Crippen LogP contribution >= 0.6 is 0 Å². The second kappa shape index (κ2) is 6.38. The average molecular weight is 158 g/mol. The van der Waals surface area contributed by atoms with Crippen molar-refractivity contribution in [3.63, 3.8) is 0 Å². The largest absolute Gasteiger partial charge is 0.390 e. The molecule has 2 atom stereocenters. The summed E-state index contributed by atoms with van der Waals surface area (Å²) in [4.78, 5) is 0. The predicted octanol–water partition coefficient (Wildman–Crippen LogP) is 1.47. The van der Waals surface area contributed by atoms with Crippen LogP contribution < -0.4 is 0 Å². The lowest BCUT2D eigenvalue weighted by molar-refractivity contribution is 0.0119. The Hall–Kier alpha value is -0.340. The molecule has 0 rings (SSSR count). The molecule has 0 unspecified atom stereocenters. The van der Waals surface area contributed by atoms with Gasteiger partial charge in [0.1, 0.15) is 0 Å². The predicted molar refractivity (Wildman–Crippen MR) is 46.4 cm³/mol. The maximum Gasteiger partial charge on any atom is 0.0799 e. The van der Waals surface area contributed by atoms with Crippen LogP contribution in [0.25, 0.3) is 0 Å². The Bertz CT molecular complexity index is 102. The van der Waals surface area contributed by atoms with E-state index in [9.17, 15) is 5.11 Å². The summed E-state index contributed by atoms with van der Waals surface area (Å²) < 4.78 is 0. The molecule has 0 aliphatic carbocycles. The number of hydrogen-bond acceptors (Lipinski definition) is 2. The van der Waals surface area contributed by atoms with Gasteiger partial charge in [0.2, 0.25) is 0 Å². The molecule has 0 aromatic heterocycles. The molecule has 0 radical (unpaired) electrons. The highest BCUT2D eigenvalue weighted by atomic mass is 16.3. The molecular weight excluding hydrogens is 140 g/mol. The fourth-order valence-corrected chi connectivity index (χ4v) is 0.936. The van der Waals surface area contributed by atoms with Crippen LogP contribution in [0.3, 0.4) is 0 Å². The second-order valence-corrected chi connectivity index (χ2v) is 2.76. The Morgan fingerprint density at radius 1 is 1.36 bits per heavy atom. The number of aliphatic hydroxyl groups is 2. The molecule has 0 aliphatic heterocycles. The summed E-state index contributed by atoms with van der Waals surface area (Å²) in [7, 11) is 0. The van der Waals surface area contributed by atoms with Gasteiger partial charge in [-0.3, -0.25) is 0 Å². The van der Waals surface area contributed by atoms with Crippen molar-refractivity contribution in [2.24, 2.45) is 0 Å². The standard InChI is InChI=1S/C9H18O2/c1-3-5-6-7-9(11)8(10)4-2/h3,8-11H,1,4-7H2,2H3/t8-,9-/m0/s1. The van der Waals surface area contributed by atoms with Crippen LogP contribution in [0.1, 0.15) is 32.6 Å². The third kappa shape index (κ3) is 4.99. The lowest BCUT2D eigenvalue weighted by Crippen LogP contribution is -2.24. The zero-order valence-corrected chi connectivity index (χ0v) is 7.16. The molecule has 66 valence electrons. The Labute approximate surface area is 68.6 Å². The van der Waals surface area contributed by atoms with Crippen LogP contribution in [0.4, 0.5) is 0 Å². The number of hydrogen-bond donors (Lipinski definition) is 2. The average Bonchev–Trinajstić information content (AvgIpc) is 2.03. The van der Waals surface area contributed by atoms with Crippen molar-refractivity contribution in [2.75, 3.05) is 0 Å². The summed E-state index contributed by atoms with van der Waals surface area (Å²) in [5.74, 6) is 0. The Morgan fingerprint density at radius 3 is 2.45 bits per heavy atom. The van der Waals surface area contributed by atoms with E-state index in [0.29, 0.717) is 12.8 Å².